The van der Waals surface area contributed by atoms with E-state index in [0.29, 0.717) is 75.1 Å². The molecule has 466 valence electrons. The first-order valence-electron chi connectivity index (χ1n) is 27.5. The Balaban J connectivity index is 0.000000153. The molecule has 0 radical (unpaired) electrons. The summed E-state index contributed by atoms with van der Waals surface area (Å²) in [4.78, 5) is 24.0. The fraction of sp³-hybridized carbons (Fsp3) is 0.0149. The van der Waals surface area contributed by atoms with E-state index in [0.717, 1.165) is 78.0 Å². The first-order valence-corrected chi connectivity index (χ1v) is 32.9. The monoisotopic (exact) mass is 1420 g/mol. The number of nitrogen functional groups attached to an aromatic ring is 1. The van der Waals surface area contributed by atoms with E-state index in [4.69, 9.17) is 112 Å². The number of nitrogens with zero attached hydrogens (tertiary/aromatic N) is 4. The maximum absolute atomic E-state index is 11.4. The van der Waals surface area contributed by atoms with Gasteiger partial charge in [-0.2, -0.15) is 0 Å². The molecule has 0 saturated carbocycles. The molecule has 0 atom stereocenters. The van der Waals surface area contributed by atoms with Crippen molar-refractivity contribution in [3.05, 3.63) is 259 Å². The first-order chi connectivity index (χ1) is 44.6. The summed E-state index contributed by atoms with van der Waals surface area (Å²) in [5.74, 6) is 0. The Labute approximate surface area is 580 Å². The number of rotatable bonds is 12. The predicted octanol–water partition coefficient (Wildman–Crippen LogP) is 19.9. The first kappa shape index (κ1) is 66.9. The SMILES string of the molecule is CS(=O)(=O)Nc1ccc(NC(=S)Nc2ccc(Cl)c(-c3nccc4ccccc34)c2)c(Cl)c1.Nc1ccc(NC(=S)Nc2ccc(Cl)c(-c3nccc4ccccc34)c2)c(Cl)c1.O=[N+]([O-])c1ccc(NC(=S)Nc2ccc(Cl)c(-c3nccc4ccccc34)c2)c(Cl)c1. The molecule has 12 rings (SSSR count). The van der Waals surface area contributed by atoms with Gasteiger partial charge in [0.15, 0.2) is 15.3 Å². The van der Waals surface area contributed by atoms with Crippen LogP contribution in [0.3, 0.4) is 0 Å². The molecular formula is C67H48Cl6N12O4S4. The average molecular weight is 1430 g/mol. The number of nitrogens with two attached hydrogens (primary N) is 1. The van der Waals surface area contributed by atoms with Crippen LogP contribution in [0.5, 0.6) is 0 Å². The van der Waals surface area contributed by atoms with Gasteiger partial charge in [-0.3, -0.25) is 29.8 Å². The normalized spacial score (nSPS) is 10.9. The molecule has 26 heteroatoms. The van der Waals surface area contributed by atoms with E-state index < -0.39 is 14.9 Å². The van der Waals surface area contributed by atoms with Crippen LogP contribution in [0.15, 0.2) is 219 Å². The summed E-state index contributed by atoms with van der Waals surface area (Å²) in [6.45, 7) is 0. The average Bonchev–Trinajstić information content (AvgIpc) is 1.22. The highest BCUT2D eigenvalue weighted by Gasteiger charge is 2.17. The van der Waals surface area contributed by atoms with Gasteiger partial charge < -0.3 is 37.6 Å². The van der Waals surface area contributed by atoms with Gasteiger partial charge in [0, 0.05) is 86.3 Å². The number of sulfonamides is 1. The molecule has 0 amide bonds. The van der Waals surface area contributed by atoms with Gasteiger partial charge in [-0.1, -0.05) is 142 Å². The number of pyridine rings is 3. The number of benzene rings is 9. The molecule has 0 bridgehead atoms. The predicted molar refractivity (Wildman–Crippen MR) is 400 cm³/mol. The minimum Gasteiger partial charge on any atom is -0.399 e. The van der Waals surface area contributed by atoms with Crippen LogP contribution in [0, 0.1) is 10.1 Å². The third-order valence-electron chi connectivity index (χ3n) is 13.6. The van der Waals surface area contributed by atoms with Crippen LogP contribution < -0.4 is 42.4 Å². The lowest BCUT2D eigenvalue weighted by Crippen LogP contribution is -2.19. The molecule has 9 N–H and O–H groups in total. The summed E-state index contributed by atoms with van der Waals surface area (Å²) in [5, 5.41) is 39.2. The summed E-state index contributed by atoms with van der Waals surface area (Å²) in [6, 6.07) is 60.4. The quantitative estimate of drug-likeness (QED) is 0.0246. The second-order valence-corrected chi connectivity index (χ2v) is 25.6. The molecule has 0 unspecified atom stereocenters. The molecule has 0 saturated heterocycles. The van der Waals surface area contributed by atoms with Gasteiger partial charge >= 0.3 is 0 Å². The molecule has 3 heterocycles. The summed E-state index contributed by atoms with van der Waals surface area (Å²) >= 11 is 54.3. The number of nitro groups is 1. The Hall–Kier alpha value is -9.03. The van der Waals surface area contributed by atoms with Crippen LogP contribution in [-0.2, 0) is 10.0 Å². The van der Waals surface area contributed by atoms with Crippen molar-refractivity contribution in [2.75, 3.05) is 48.6 Å². The van der Waals surface area contributed by atoms with Gasteiger partial charge in [-0.25, -0.2) is 8.42 Å². The second-order valence-electron chi connectivity index (χ2n) is 20.2. The largest absolute Gasteiger partial charge is 0.399 e. The minimum absolute atomic E-state index is 0.0978. The Bertz CT molecular complexity index is 5000. The lowest BCUT2D eigenvalue weighted by molar-refractivity contribution is -0.384. The molecule has 12 aromatic rings. The number of anilines is 8. The zero-order valence-electron chi connectivity index (χ0n) is 48.2. The molecule has 16 nitrogen and oxygen atoms in total. The Kier molecular flexibility index (Phi) is 21.7. The Morgan fingerprint density at radius 1 is 0.419 bits per heavy atom. The van der Waals surface area contributed by atoms with Crippen LogP contribution >= 0.6 is 106 Å². The van der Waals surface area contributed by atoms with Gasteiger partial charge in [0.2, 0.25) is 10.0 Å². The van der Waals surface area contributed by atoms with Crippen LogP contribution in [0.2, 0.25) is 30.1 Å². The van der Waals surface area contributed by atoms with E-state index in [-0.39, 0.29) is 15.8 Å². The number of fused-ring (bicyclic) bond motifs is 3. The highest BCUT2D eigenvalue weighted by molar-refractivity contribution is 7.92. The summed E-state index contributed by atoms with van der Waals surface area (Å²) < 4.78 is 25.2. The lowest BCUT2D eigenvalue weighted by atomic mass is 10.0. The Morgan fingerprint density at radius 3 is 1.12 bits per heavy atom. The summed E-state index contributed by atoms with van der Waals surface area (Å²) in [6.07, 6.45) is 6.35. The molecule has 9 aromatic carbocycles. The zero-order valence-corrected chi connectivity index (χ0v) is 56.0. The van der Waals surface area contributed by atoms with Crippen molar-refractivity contribution in [1.29, 1.82) is 0 Å². The molecular weight excluding hydrogens is 1380 g/mol. The van der Waals surface area contributed by atoms with Crippen molar-refractivity contribution < 1.29 is 13.3 Å². The highest BCUT2D eigenvalue weighted by Crippen LogP contribution is 2.38. The van der Waals surface area contributed by atoms with Crippen molar-refractivity contribution in [2.24, 2.45) is 0 Å². The van der Waals surface area contributed by atoms with Crippen molar-refractivity contribution in [2.45, 2.75) is 0 Å². The van der Waals surface area contributed by atoms with Crippen molar-refractivity contribution in [3.63, 3.8) is 0 Å². The maximum atomic E-state index is 11.4. The van der Waals surface area contributed by atoms with Gasteiger partial charge in [-0.05, 0) is 168 Å². The molecule has 0 aliphatic rings. The van der Waals surface area contributed by atoms with Gasteiger partial charge in [0.05, 0.1) is 81.1 Å². The second kappa shape index (κ2) is 30.2. The third-order valence-corrected chi connectivity index (χ3v) is 16.8. The topological polar surface area (TPSA) is 226 Å². The molecule has 0 fully saturated rings. The molecule has 93 heavy (non-hydrogen) atoms. The minimum atomic E-state index is -3.40. The van der Waals surface area contributed by atoms with E-state index in [1.54, 1.807) is 67.1 Å². The number of nitro benzene ring substituents is 1. The lowest BCUT2D eigenvalue weighted by Gasteiger charge is -2.14. The van der Waals surface area contributed by atoms with Gasteiger partial charge in [0.25, 0.3) is 5.69 Å². The fourth-order valence-electron chi connectivity index (χ4n) is 9.46. The molecule has 0 aliphatic heterocycles. The van der Waals surface area contributed by atoms with Crippen molar-refractivity contribution in [3.8, 4) is 33.8 Å². The maximum Gasteiger partial charge on any atom is 0.271 e. The highest BCUT2D eigenvalue weighted by atomic mass is 35.5. The van der Waals surface area contributed by atoms with E-state index in [1.165, 1.54) is 24.3 Å². The van der Waals surface area contributed by atoms with Crippen LogP contribution in [0.25, 0.3) is 66.1 Å². The number of non-ortho nitro benzene ring substituents is 1. The molecule has 0 aliphatic carbocycles. The molecule has 0 spiro atoms. The smallest absolute Gasteiger partial charge is 0.271 e. The van der Waals surface area contributed by atoms with E-state index in [2.05, 4.69) is 51.6 Å². The van der Waals surface area contributed by atoms with Gasteiger partial charge in [-0.15, -0.1) is 0 Å². The van der Waals surface area contributed by atoms with Crippen LogP contribution in [0.1, 0.15) is 0 Å². The van der Waals surface area contributed by atoms with Crippen LogP contribution in [-0.4, -0.2) is 49.9 Å². The summed E-state index contributed by atoms with van der Waals surface area (Å²) in [5.41, 5.74) is 15.1. The zero-order chi connectivity index (χ0) is 65.9. The number of halogens is 6. The number of thiocarbonyl (C=S) groups is 3. The number of aromatic nitrogens is 3. The fourth-order valence-corrected chi connectivity index (χ4v) is 12.0. The van der Waals surface area contributed by atoms with Crippen LogP contribution in [0.4, 0.5) is 51.2 Å². The van der Waals surface area contributed by atoms with E-state index in [1.807, 2.05) is 127 Å². The Morgan fingerprint density at radius 2 is 0.763 bits per heavy atom. The van der Waals surface area contributed by atoms with E-state index >= 15 is 0 Å². The van der Waals surface area contributed by atoms with Crippen molar-refractivity contribution in [1.82, 2.24) is 15.0 Å². The van der Waals surface area contributed by atoms with E-state index in [9.17, 15) is 18.5 Å². The van der Waals surface area contributed by atoms with Crippen molar-refractivity contribution >= 4 is 215 Å². The summed E-state index contributed by atoms with van der Waals surface area (Å²) in [7, 11) is -3.40. The number of nitrogens with one attached hydrogen (secondary N) is 7. The number of hydrogen-bond donors (Lipinski definition) is 8. The van der Waals surface area contributed by atoms with Gasteiger partial charge in [0.1, 0.15) is 0 Å². The standard InChI is InChI=1S/C23H18Cl2N4O2S2.C22H14Cl2N4O2S.C22H16Cl2N4S/c1-33(30,31)29-16-7-9-21(20(25)13-16)28-23(32)27-15-6-8-19(24)18(12-15)22-17-5-3-2-4-14(17)10-11-26-22;23-18-7-5-14(11-17(18)21-16-4-2-1-3-13(16)9-10-25-21)26-22(31)27-20-8-6-15(28(29)30)12-19(20)24;23-18-7-6-15(27-22(29)28-20-8-5-14(25)11-19(20)24)12-17(18)21-16-4-2-1-3-13(16)9-10-26-21/h2-13,29H,1H3,(H2,27,28,32);1-12H,(H2,26,27,31);1-12H,25H2,(H2,27,28,29). The molecule has 3 aromatic heterocycles. The number of hydrogen-bond acceptors (Lipinski definition) is 11. The third kappa shape index (κ3) is 17.4.